The van der Waals surface area contributed by atoms with E-state index in [1.54, 1.807) is 18.3 Å². The van der Waals surface area contributed by atoms with Crippen LogP contribution in [0.4, 0.5) is 29.3 Å². The number of carbonyl (C=O) groups is 1. The van der Waals surface area contributed by atoms with E-state index < -0.39 is 6.36 Å². The molecule has 2 N–H and O–H groups in total. The molecule has 2 fully saturated rings. The van der Waals surface area contributed by atoms with Gasteiger partial charge in [0, 0.05) is 37.8 Å². The number of hydrogen-bond donors (Lipinski definition) is 2. The SMILES string of the molecule is CC(C(=O)Nc1nnc(N[C@@H]2CCN(c3cccnn3)C2)s1)C1CCN(Cc2ccc(OC(F)(F)F)cc2)CC1. The molecule has 10 nitrogen and oxygen atoms in total. The first-order valence-electron chi connectivity index (χ1n) is 13.2. The average molecular weight is 577 g/mol. The van der Waals surface area contributed by atoms with Crippen LogP contribution < -0.4 is 20.3 Å². The van der Waals surface area contributed by atoms with Gasteiger partial charge in [0.05, 0.1) is 0 Å². The van der Waals surface area contributed by atoms with Gasteiger partial charge in [-0.2, -0.15) is 5.10 Å². The zero-order valence-electron chi connectivity index (χ0n) is 22.0. The Morgan fingerprint density at radius 3 is 2.52 bits per heavy atom. The van der Waals surface area contributed by atoms with Gasteiger partial charge in [0.1, 0.15) is 5.75 Å². The van der Waals surface area contributed by atoms with Gasteiger partial charge in [-0.05, 0) is 68.1 Å². The first kappa shape index (κ1) is 28.0. The molecular weight excluding hydrogens is 545 g/mol. The van der Waals surface area contributed by atoms with Crippen molar-refractivity contribution in [3.8, 4) is 5.75 Å². The second-order valence-corrected chi connectivity index (χ2v) is 11.1. The lowest BCUT2D eigenvalue weighted by Gasteiger charge is -2.34. The minimum atomic E-state index is -4.70. The molecule has 0 aliphatic carbocycles. The Morgan fingerprint density at radius 2 is 1.82 bits per heavy atom. The van der Waals surface area contributed by atoms with E-state index in [-0.39, 0.29) is 29.5 Å². The number of alkyl halides is 3. The maximum absolute atomic E-state index is 13.0. The summed E-state index contributed by atoms with van der Waals surface area (Å²) in [5.74, 6) is 0.602. The Morgan fingerprint density at radius 1 is 1.07 bits per heavy atom. The van der Waals surface area contributed by atoms with Crippen LogP contribution in [-0.2, 0) is 11.3 Å². The van der Waals surface area contributed by atoms with E-state index in [9.17, 15) is 18.0 Å². The summed E-state index contributed by atoms with van der Waals surface area (Å²) in [4.78, 5) is 17.4. The summed E-state index contributed by atoms with van der Waals surface area (Å²) in [7, 11) is 0. The molecule has 5 rings (SSSR count). The summed E-state index contributed by atoms with van der Waals surface area (Å²) in [6, 6.07) is 9.98. The normalized spacial score (nSPS) is 19.4. The van der Waals surface area contributed by atoms with Crippen LogP contribution in [0.25, 0.3) is 0 Å². The number of amides is 1. The Balaban J connectivity index is 1.04. The number of hydrogen-bond acceptors (Lipinski definition) is 10. The number of benzene rings is 1. The third-order valence-corrected chi connectivity index (χ3v) is 8.14. The van der Waals surface area contributed by atoms with Crippen molar-refractivity contribution in [2.24, 2.45) is 11.8 Å². The van der Waals surface area contributed by atoms with Crippen LogP contribution in [0, 0.1) is 11.8 Å². The molecule has 1 amide bonds. The standard InChI is InChI=1S/C26H31F3N8O2S/c1-17(19-8-12-36(13-9-19)15-18-4-6-21(7-5-18)39-26(27,28)29)23(38)32-25-35-34-24(40-25)31-20-10-14-37(16-20)22-3-2-11-30-33-22/h2-7,11,17,19-20H,8-10,12-16H2,1H3,(H,31,34)(H,32,35,38)/t17?,20-/m1/s1. The fourth-order valence-electron chi connectivity index (χ4n) is 5.15. The van der Waals surface area contributed by atoms with Crippen molar-refractivity contribution in [1.29, 1.82) is 0 Å². The van der Waals surface area contributed by atoms with Crippen molar-refractivity contribution < 1.29 is 22.7 Å². The predicted molar refractivity (Wildman–Crippen MR) is 145 cm³/mol. The van der Waals surface area contributed by atoms with Crippen molar-refractivity contribution in [2.75, 3.05) is 41.7 Å². The summed E-state index contributed by atoms with van der Waals surface area (Å²) in [6.45, 7) is 5.85. The molecular formula is C26H31F3N8O2S. The van der Waals surface area contributed by atoms with Crippen molar-refractivity contribution in [1.82, 2.24) is 25.3 Å². The van der Waals surface area contributed by atoms with E-state index in [1.807, 2.05) is 19.1 Å². The Bertz CT molecular complexity index is 1250. The monoisotopic (exact) mass is 576 g/mol. The number of carbonyl (C=O) groups excluding carboxylic acids is 1. The number of ether oxygens (including phenoxy) is 1. The van der Waals surface area contributed by atoms with Crippen LogP contribution in [0.2, 0.25) is 0 Å². The summed E-state index contributed by atoms with van der Waals surface area (Å²) in [5.41, 5.74) is 0.915. The van der Waals surface area contributed by atoms with E-state index in [1.165, 1.54) is 23.5 Å². The van der Waals surface area contributed by atoms with Crippen LogP contribution >= 0.6 is 11.3 Å². The summed E-state index contributed by atoms with van der Waals surface area (Å²) < 4.78 is 41.0. The van der Waals surface area contributed by atoms with Crippen LogP contribution in [-0.4, -0.2) is 69.8 Å². The lowest BCUT2D eigenvalue weighted by Crippen LogP contribution is -2.38. The van der Waals surface area contributed by atoms with Gasteiger partial charge in [0.15, 0.2) is 5.82 Å². The fourth-order valence-corrected chi connectivity index (χ4v) is 5.88. The number of nitrogens with one attached hydrogen (secondary N) is 2. The number of piperidine rings is 1. The Hall–Kier alpha value is -3.52. The van der Waals surface area contributed by atoms with E-state index in [0.29, 0.717) is 16.8 Å². The zero-order valence-corrected chi connectivity index (χ0v) is 22.8. The molecule has 2 aromatic heterocycles. The highest BCUT2D eigenvalue weighted by atomic mass is 32.1. The van der Waals surface area contributed by atoms with Crippen LogP contribution in [0.5, 0.6) is 5.75 Å². The van der Waals surface area contributed by atoms with Crippen LogP contribution in [0.3, 0.4) is 0 Å². The van der Waals surface area contributed by atoms with Gasteiger partial charge in [-0.15, -0.1) is 28.5 Å². The topological polar surface area (TPSA) is 108 Å². The molecule has 0 saturated carbocycles. The summed E-state index contributed by atoms with van der Waals surface area (Å²) in [6.07, 6.45) is -0.389. The van der Waals surface area contributed by atoms with E-state index in [0.717, 1.165) is 56.8 Å². The average Bonchev–Trinajstić information content (AvgIpc) is 3.59. The first-order chi connectivity index (χ1) is 19.2. The molecule has 2 aliphatic rings. The number of anilines is 3. The largest absolute Gasteiger partial charge is 0.573 e. The van der Waals surface area contributed by atoms with Crippen molar-refractivity contribution in [3.05, 3.63) is 48.2 Å². The summed E-state index contributed by atoms with van der Waals surface area (Å²) in [5, 5.41) is 23.9. The molecule has 40 heavy (non-hydrogen) atoms. The van der Waals surface area contributed by atoms with Crippen LogP contribution in [0.1, 0.15) is 31.7 Å². The third kappa shape index (κ3) is 7.56. The molecule has 3 aromatic rings. The third-order valence-electron chi connectivity index (χ3n) is 7.37. The number of halogens is 3. The fraction of sp³-hybridized carbons (Fsp3) is 0.500. The number of nitrogens with zero attached hydrogens (tertiary/aromatic N) is 6. The molecule has 4 heterocycles. The second kappa shape index (κ2) is 12.3. The lowest BCUT2D eigenvalue weighted by atomic mass is 9.85. The Labute approximate surface area is 233 Å². The van der Waals surface area contributed by atoms with E-state index >= 15 is 0 Å². The van der Waals surface area contributed by atoms with Crippen LogP contribution in [0.15, 0.2) is 42.6 Å². The van der Waals surface area contributed by atoms with E-state index in [2.05, 4.69) is 45.6 Å². The van der Waals surface area contributed by atoms with Gasteiger partial charge in [-0.1, -0.05) is 30.4 Å². The zero-order chi connectivity index (χ0) is 28.1. The molecule has 1 unspecified atom stereocenters. The molecule has 0 spiro atoms. The quantitative estimate of drug-likeness (QED) is 0.383. The molecule has 2 saturated heterocycles. The van der Waals surface area contributed by atoms with Crippen molar-refractivity contribution in [2.45, 2.75) is 45.1 Å². The van der Waals surface area contributed by atoms with Crippen molar-refractivity contribution >= 4 is 33.3 Å². The molecule has 214 valence electrons. The molecule has 0 bridgehead atoms. The molecule has 2 atom stereocenters. The Kier molecular flexibility index (Phi) is 8.64. The van der Waals surface area contributed by atoms with Crippen molar-refractivity contribution in [3.63, 3.8) is 0 Å². The van der Waals surface area contributed by atoms with Gasteiger partial charge in [-0.25, -0.2) is 0 Å². The smallest absolute Gasteiger partial charge is 0.406 e. The number of rotatable bonds is 9. The van der Waals surface area contributed by atoms with Gasteiger partial charge in [0.2, 0.25) is 16.2 Å². The van der Waals surface area contributed by atoms with E-state index in [4.69, 9.17) is 0 Å². The highest BCUT2D eigenvalue weighted by molar-refractivity contribution is 7.19. The minimum absolute atomic E-state index is 0.0731. The predicted octanol–water partition coefficient (Wildman–Crippen LogP) is 4.40. The number of aromatic nitrogens is 4. The highest BCUT2D eigenvalue weighted by Gasteiger charge is 2.31. The van der Waals surface area contributed by atoms with Gasteiger partial charge in [-0.3, -0.25) is 9.69 Å². The first-order valence-corrected chi connectivity index (χ1v) is 14.0. The lowest BCUT2D eigenvalue weighted by molar-refractivity contribution is -0.274. The second-order valence-electron chi connectivity index (χ2n) is 10.2. The molecule has 1 aromatic carbocycles. The summed E-state index contributed by atoms with van der Waals surface area (Å²) >= 11 is 1.32. The molecule has 14 heteroatoms. The van der Waals surface area contributed by atoms with Gasteiger partial charge in [0.25, 0.3) is 0 Å². The maximum atomic E-state index is 13.0. The molecule has 2 aliphatic heterocycles. The highest BCUT2D eigenvalue weighted by Crippen LogP contribution is 2.29. The minimum Gasteiger partial charge on any atom is -0.406 e. The van der Waals surface area contributed by atoms with Gasteiger partial charge < -0.3 is 20.3 Å². The maximum Gasteiger partial charge on any atom is 0.573 e. The number of likely N-dealkylation sites (tertiary alicyclic amines) is 1. The van der Waals surface area contributed by atoms with Gasteiger partial charge >= 0.3 is 6.36 Å². The molecule has 0 radical (unpaired) electrons.